The van der Waals surface area contributed by atoms with E-state index in [0.717, 1.165) is 12.8 Å². The lowest BCUT2D eigenvalue weighted by atomic mass is 10.0. The van der Waals surface area contributed by atoms with Crippen molar-refractivity contribution < 1.29 is 14.7 Å². The standard InChI is InChI=1S/C23H44ClNO3/c1-3-4-5-6-7-8-9-10-11-12-13-14-15-16-17-18-19-20-21(24)22(25-27)23(26)28-2/h21,27H,3-20H2,1-2H3. The number of esters is 1. The molecule has 0 bridgehead atoms. The molecule has 0 aromatic heterocycles. The predicted octanol–water partition coefficient (Wildman–Crippen LogP) is 7.64. The zero-order valence-corrected chi connectivity index (χ0v) is 19.2. The minimum Gasteiger partial charge on any atom is -0.464 e. The summed E-state index contributed by atoms with van der Waals surface area (Å²) in [7, 11) is 1.26. The average molecular weight is 418 g/mol. The highest BCUT2D eigenvalue weighted by Gasteiger charge is 2.21. The molecule has 0 spiro atoms. The monoisotopic (exact) mass is 417 g/mol. The van der Waals surface area contributed by atoms with Gasteiger partial charge in [0.2, 0.25) is 0 Å². The molecule has 0 aliphatic rings. The van der Waals surface area contributed by atoms with Crippen molar-refractivity contribution in [3.63, 3.8) is 0 Å². The zero-order valence-electron chi connectivity index (χ0n) is 18.4. The van der Waals surface area contributed by atoms with Crippen LogP contribution in [0, 0.1) is 0 Å². The number of oxime groups is 1. The summed E-state index contributed by atoms with van der Waals surface area (Å²) in [6.45, 7) is 2.27. The summed E-state index contributed by atoms with van der Waals surface area (Å²) in [6.07, 6.45) is 23.3. The molecule has 0 radical (unpaired) electrons. The Balaban J connectivity index is 3.31. The first-order valence-corrected chi connectivity index (χ1v) is 12.0. The van der Waals surface area contributed by atoms with Gasteiger partial charge in [-0.15, -0.1) is 11.6 Å². The Bertz CT molecular complexity index is 388. The molecule has 4 nitrogen and oxygen atoms in total. The highest BCUT2D eigenvalue weighted by Crippen LogP contribution is 2.16. The molecule has 0 saturated carbocycles. The molecule has 166 valence electrons. The third-order valence-electron chi connectivity index (χ3n) is 5.36. The molecule has 28 heavy (non-hydrogen) atoms. The molecule has 0 aliphatic carbocycles. The number of unbranched alkanes of at least 4 members (excludes halogenated alkanes) is 16. The van der Waals surface area contributed by atoms with Gasteiger partial charge in [0, 0.05) is 0 Å². The lowest BCUT2D eigenvalue weighted by Crippen LogP contribution is -2.25. The number of alkyl halides is 1. The number of nitrogens with zero attached hydrogens (tertiary/aromatic N) is 1. The topological polar surface area (TPSA) is 58.9 Å². The van der Waals surface area contributed by atoms with Crippen molar-refractivity contribution in [3.05, 3.63) is 0 Å². The zero-order chi connectivity index (χ0) is 20.9. The van der Waals surface area contributed by atoms with Gasteiger partial charge in [0.15, 0.2) is 5.71 Å². The maximum Gasteiger partial charge on any atom is 0.357 e. The number of ether oxygens (including phenoxy) is 1. The van der Waals surface area contributed by atoms with E-state index in [2.05, 4.69) is 16.8 Å². The molecule has 1 unspecified atom stereocenters. The molecule has 1 N–H and O–H groups in total. The fraction of sp³-hybridized carbons (Fsp3) is 0.913. The SMILES string of the molecule is CCCCCCCCCCCCCCCCCCCC(Cl)C(=NO)C(=O)OC. The van der Waals surface area contributed by atoms with E-state index in [0.29, 0.717) is 6.42 Å². The van der Waals surface area contributed by atoms with Crippen LogP contribution >= 0.6 is 11.6 Å². The molecular formula is C23H44ClNO3. The second-order valence-electron chi connectivity index (χ2n) is 7.89. The number of halogens is 1. The van der Waals surface area contributed by atoms with E-state index in [1.165, 1.54) is 103 Å². The molecule has 0 aliphatic heterocycles. The molecule has 0 amide bonds. The third kappa shape index (κ3) is 16.2. The Morgan fingerprint density at radius 2 is 1.14 bits per heavy atom. The maximum atomic E-state index is 11.4. The van der Waals surface area contributed by atoms with E-state index in [-0.39, 0.29) is 5.71 Å². The van der Waals surface area contributed by atoms with Crippen molar-refractivity contribution in [2.75, 3.05) is 7.11 Å². The summed E-state index contributed by atoms with van der Waals surface area (Å²) in [5.74, 6) is -0.658. The Hall–Kier alpha value is -0.770. The predicted molar refractivity (Wildman–Crippen MR) is 120 cm³/mol. The molecular weight excluding hydrogens is 374 g/mol. The second-order valence-corrected chi connectivity index (χ2v) is 8.42. The van der Waals surface area contributed by atoms with E-state index >= 15 is 0 Å². The molecule has 0 saturated heterocycles. The van der Waals surface area contributed by atoms with Gasteiger partial charge in [0.05, 0.1) is 12.5 Å². The van der Waals surface area contributed by atoms with Gasteiger partial charge < -0.3 is 9.94 Å². The van der Waals surface area contributed by atoms with E-state index in [9.17, 15) is 4.79 Å². The molecule has 0 aromatic carbocycles. The van der Waals surface area contributed by atoms with Gasteiger partial charge in [-0.1, -0.05) is 121 Å². The maximum absolute atomic E-state index is 11.4. The highest BCUT2D eigenvalue weighted by atomic mass is 35.5. The Labute approximate surface area is 178 Å². The van der Waals surface area contributed by atoms with Gasteiger partial charge in [-0.3, -0.25) is 0 Å². The molecule has 0 fully saturated rings. The summed E-state index contributed by atoms with van der Waals surface area (Å²) in [5.41, 5.74) is -0.0966. The van der Waals surface area contributed by atoms with Crippen molar-refractivity contribution in [2.24, 2.45) is 5.16 Å². The number of carbonyl (C=O) groups excluding carboxylic acids is 1. The fourth-order valence-corrected chi connectivity index (χ4v) is 3.81. The average Bonchev–Trinajstić information content (AvgIpc) is 2.70. The molecule has 1 atom stereocenters. The molecule has 0 aromatic rings. The first-order chi connectivity index (χ1) is 13.7. The number of hydrogen-bond acceptors (Lipinski definition) is 4. The van der Waals surface area contributed by atoms with E-state index in [4.69, 9.17) is 16.8 Å². The molecule has 5 heteroatoms. The van der Waals surface area contributed by atoms with Gasteiger partial charge in [0.25, 0.3) is 0 Å². The van der Waals surface area contributed by atoms with Gasteiger partial charge in [-0.05, 0) is 6.42 Å². The van der Waals surface area contributed by atoms with Crippen LogP contribution in [0.15, 0.2) is 5.16 Å². The van der Waals surface area contributed by atoms with Gasteiger partial charge >= 0.3 is 5.97 Å². The van der Waals surface area contributed by atoms with Crippen LogP contribution in [0.25, 0.3) is 0 Å². The van der Waals surface area contributed by atoms with Crippen LogP contribution in [0.4, 0.5) is 0 Å². The van der Waals surface area contributed by atoms with Crippen molar-refractivity contribution in [1.29, 1.82) is 0 Å². The van der Waals surface area contributed by atoms with Crippen LogP contribution in [-0.2, 0) is 9.53 Å². The van der Waals surface area contributed by atoms with E-state index in [1.54, 1.807) is 0 Å². The largest absolute Gasteiger partial charge is 0.464 e. The van der Waals surface area contributed by atoms with Crippen LogP contribution in [0.2, 0.25) is 0 Å². The highest BCUT2D eigenvalue weighted by molar-refractivity contribution is 6.49. The van der Waals surface area contributed by atoms with Gasteiger partial charge in [-0.25, -0.2) is 4.79 Å². The number of hydrogen-bond donors (Lipinski definition) is 1. The number of carbonyl (C=O) groups is 1. The van der Waals surface area contributed by atoms with Crippen molar-refractivity contribution in [3.8, 4) is 0 Å². The summed E-state index contributed by atoms with van der Waals surface area (Å²) >= 11 is 6.10. The lowest BCUT2D eigenvalue weighted by Gasteiger charge is -2.09. The minimum atomic E-state index is -0.658. The van der Waals surface area contributed by atoms with Gasteiger partial charge in [0.1, 0.15) is 0 Å². The number of rotatable bonds is 20. The third-order valence-corrected chi connectivity index (χ3v) is 5.79. The smallest absolute Gasteiger partial charge is 0.357 e. The number of methoxy groups -OCH3 is 1. The van der Waals surface area contributed by atoms with Crippen LogP contribution < -0.4 is 0 Å². The van der Waals surface area contributed by atoms with Crippen molar-refractivity contribution in [1.82, 2.24) is 0 Å². The van der Waals surface area contributed by atoms with E-state index in [1.807, 2.05) is 0 Å². The van der Waals surface area contributed by atoms with Crippen LogP contribution in [0.1, 0.15) is 122 Å². The Morgan fingerprint density at radius 3 is 1.46 bits per heavy atom. The molecule has 0 rings (SSSR count). The van der Waals surface area contributed by atoms with Crippen molar-refractivity contribution >= 4 is 23.3 Å². The first kappa shape index (κ1) is 27.2. The Kier molecular flexibility index (Phi) is 20.4. The molecule has 0 heterocycles. The summed E-state index contributed by atoms with van der Waals surface area (Å²) < 4.78 is 4.55. The second kappa shape index (κ2) is 21.0. The minimum absolute atomic E-state index is 0.0966. The quantitative estimate of drug-likeness (QED) is 0.0552. The summed E-state index contributed by atoms with van der Waals surface area (Å²) in [6, 6.07) is 0. The Morgan fingerprint density at radius 1 is 0.786 bits per heavy atom. The first-order valence-electron chi connectivity index (χ1n) is 11.6. The van der Waals surface area contributed by atoms with Crippen molar-refractivity contribution in [2.45, 2.75) is 128 Å². The summed E-state index contributed by atoms with van der Waals surface area (Å²) in [5, 5.41) is 11.2. The lowest BCUT2D eigenvalue weighted by molar-refractivity contribution is -0.133. The fourth-order valence-electron chi connectivity index (χ4n) is 3.52. The normalized spacial score (nSPS) is 12.9. The van der Waals surface area contributed by atoms with Crippen LogP contribution in [0.3, 0.4) is 0 Å². The van der Waals surface area contributed by atoms with Gasteiger partial charge in [-0.2, -0.15) is 0 Å². The summed E-state index contributed by atoms with van der Waals surface area (Å²) in [4.78, 5) is 11.4. The van der Waals surface area contributed by atoms with E-state index < -0.39 is 11.3 Å². The van der Waals surface area contributed by atoms with Crippen LogP contribution in [0.5, 0.6) is 0 Å². The van der Waals surface area contributed by atoms with Crippen LogP contribution in [-0.4, -0.2) is 29.4 Å².